The molecule has 3 nitrogen and oxygen atoms in total. The van der Waals surface area contributed by atoms with Crippen molar-refractivity contribution in [2.75, 3.05) is 13.7 Å². The number of hydrogen-bond donors (Lipinski definition) is 2. The summed E-state index contributed by atoms with van der Waals surface area (Å²) in [6.07, 6.45) is -0.350. The average Bonchev–Trinajstić information content (AvgIpc) is 2.07. The topological polar surface area (TPSA) is 49.7 Å². The molecule has 0 amide bonds. The summed E-state index contributed by atoms with van der Waals surface area (Å²) in [6.45, 7) is -0.0834. The Kier molecular flexibility index (Phi) is 3.08. The maximum absolute atomic E-state index is 9.12. The Morgan fingerprint density at radius 1 is 1.50 bits per heavy atom. The van der Waals surface area contributed by atoms with Crippen molar-refractivity contribution in [2.24, 2.45) is 0 Å². The van der Waals surface area contributed by atoms with Crippen LogP contribution < -0.4 is 0 Å². The van der Waals surface area contributed by atoms with E-state index in [2.05, 4.69) is 0 Å². The third kappa shape index (κ3) is 1.96. The quantitative estimate of drug-likeness (QED) is 0.709. The molecule has 0 aliphatic heterocycles. The lowest BCUT2D eigenvalue weighted by Gasteiger charge is -2.12. The summed E-state index contributed by atoms with van der Waals surface area (Å²) in [4.78, 5) is 0. The predicted octanol–water partition coefficient (Wildman–Crippen LogP) is 1.07. The Balaban J connectivity index is 2.85. The molecule has 1 unspecified atom stereocenters. The molecule has 1 atom stereocenters. The summed E-state index contributed by atoms with van der Waals surface area (Å²) < 4.78 is 4.98. The lowest BCUT2D eigenvalue weighted by atomic mass is 10.1. The van der Waals surface area contributed by atoms with Gasteiger partial charge in [-0.15, -0.1) is 0 Å². The molecule has 0 bridgehead atoms. The van der Waals surface area contributed by atoms with Gasteiger partial charge in [-0.25, -0.2) is 0 Å². The normalized spacial score (nSPS) is 12.8. The van der Waals surface area contributed by atoms with Gasteiger partial charge in [-0.05, 0) is 17.7 Å². The fourth-order valence-electron chi connectivity index (χ4n) is 1.04. The number of methoxy groups -OCH3 is 1. The fraction of sp³-hybridized carbons (Fsp3) is 0.333. The first kappa shape index (κ1) is 9.03. The molecule has 0 spiro atoms. The zero-order valence-corrected chi connectivity index (χ0v) is 6.90. The zero-order valence-electron chi connectivity index (χ0n) is 6.90. The summed E-state index contributed by atoms with van der Waals surface area (Å²) in [7, 11) is 1.52. The van der Waals surface area contributed by atoms with Crippen molar-refractivity contribution in [3.05, 3.63) is 29.8 Å². The Labute approximate surface area is 71.2 Å². The number of aliphatic hydroxyl groups is 1. The molecule has 0 aliphatic rings. The summed E-state index contributed by atoms with van der Waals surface area (Å²) in [5.41, 5.74) is 0.778. The van der Waals surface area contributed by atoms with Crippen molar-refractivity contribution >= 4 is 0 Å². The van der Waals surface area contributed by atoms with Crippen molar-refractivity contribution in [1.29, 1.82) is 0 Å². The Morgan fingerprint density at radius 2 is 2.25 bits per heavy atom. The van der Waals surface area contributed by atoms with Crippen molar-refractivity contribution in [3.8, 4) is 5.75 Å². The number of rotatable bonds is 3. The van der Waals surface area contributed by atoms with Gasteiger partial charge in [0, 0.05) is 7.11 Å². The van der Waals surface area contributed by atoms with Crippen LogP contribution in [0.3, 0.4) is 0 Å². The highest BCUT2D eigenvalue weighted by atomic mass is 16.5. The van der Waals surface area contributed by atoms with E-state index < -0.39 is 0 Å². The van der Waals surface area contributed by atoms with E-state index >= 15 is 0 Å². The SMILES string of the molecule is COC(CO)c1cccc(O)c1. The summed E-state index contributed by atoms with van der Waals surface area (Å²) in [5.74, 6) is 0.183. The number of aromatic hydroxyl groups is 1. The summed E-state index contributed by atoms with van der Waals surface area (Å²) >= 11 is 0. The van der Waals surface area contributed by atoms with Gasteiger partial charge in [-0.2, -0.15) is 0 Å². The van der Waals surface area contributed by atoms with Crippen LogP contribution in [0.25, 0.3) is 0 Å². The van der Waals surface area contributed by atoms with Crippen LogP contribution in [-0.4, -0.2) is 23.9 Å². The maximum atomic E-state index is 9.12. The number of benzene rings is 1. The van der Waals surface area contributed by atoms with Crippen molar-refractivity contribution in [1.82, 2.24) is 0 Å². The van der Waals surface area contributed by atoms with Crippen LogP contribution in [0.15, 0.2) is 24.3 Å². The highest BCUT2D eigenvalue weighted by Gasteiger charge is 2.08. The minimum absolute atomic E-state index is 0.0834. The standard InChI is InChI=1S/C9H12O3/c1-12-9(6-10)7-3-2-4-8(11)5-7/h2-5,9-11H,6H2,1H3. The minimum Gasteiger partial charge on any atom is -0.508 e. The zero-order chi connectivity index (χ0) is 8.97. The fourth-order valence-corrected chi connectivity index (χ4v) is 1.04. The molecule has 1 aromatic rings. The Bertz CT molecular complexity index is 243. The summed E-state index contributed by atoms with van der Waals surface area (Å²) in [6, 6.07) is 6.66. The van der Waals surface area contributed by atoms with Crippen LogP contribution >= 0.6 is 0 Å². The Hall–Kier alpha value is -1.06. The second-order valence-corrected chi connectivity index (χ2v) is 2.50. The van der Waals surface area contributed by atoms with Crippen LogP contribution in [0.2, 0.25) is 0 Å². The first-order chi connectivity index (χ1) is 5.77. The smallest absolute Gasteiger partial charge is 0.115 e. The van der Waals surface area contributed by atoms with E-state index in [0.717, 1.165) is 5.56 Å². The molecule has 3 heteroatoms. The second kappa shape index (κ2) is 4.09. The molecule has 66 valence electrons. The molecular formula is C9H12O3. The van der Waals surface area contributed by atoms with Crippen molar-refractivity contribution < 1.29 is 14.9 Å². The van der Waals surface area contributed by atoms with Crippen molar-refractivity contribution in [3.63, 3.8) is 0 Å². The van der Waals surface area contributed by atoms with Gasteiger partial charge in [0.2, 0.25) is 0 Å². The molecule has 0 fully saturated rings. The second-order valence-electron chi connectivity index (χ2n) is 2.50. The van der Waals surface area contributed by atoms with Gasteiger partial charge in [-0.3, -0.25) is 0 Å². The molecule has 0 aromatic heterocycles. The van der Waals surface area contributed by atoms with Gasteiger partial charge in [0.25, 0.3) is 0 Å². The molecule has 2 N–H and O–H groups in total. The molecule has 1 rings (SSSR count). The maximum Gasteiger partial charge on any atom is 0.115 e. The van der Waals surface area contributed by atoms with Gasteiger partial charge < -0.3 is 14.9 Å². The van der Waals surface area contributed by atoms with E-state index in [9.17, 15) is 0 Å². The summed E-state index contributed by atoms with van der Waals surface area (Å²) in [5, 5.41) is 18.0. The first-order valence-electron chi connectivity index (χ1n) is 3.70. The molecule has 12 heavy (non-hydrogen) atoms. The highest BCUT2D eigenvalue weighted by molar-refractivity contribution is 5.28. The van der Waals surface area contributed by atoms with E-state index in [1.807, 2.05) is 0 Å². The molecule has 0 saturated carbocycles. The number of phenolic OH excluding ortho intramolecular Hbond substituents is 1. The van der Waals surface area contributed by atoms with Gasteiger partial charge in [0.05, 0.1) is 6.61 Å². The highest BCUT2D eigenvalue weighted by Crippen LogP contribution is 2.19. The molecular weight excluding hydrogens is 156 g/mol. The number of ether oxygens (including phenoxy) is 1. The number of aliphatic hydroxyl groups excluding tert-OH is 1. The van der Waals surface area contributed by atoms with Gasteiger partial charge in [-0.1, -0.05) is 12.1 Å². The van der Waals surface area contributed by atoms with Crippen LogP contribution in [0, 0.1) is 0 Å². The van der Waals surface area contributed by atoms with Gasteiger partial charge in [0.1, 0.15) is 11.9 Å². The molecule has 0 radical (unpaired) electrons. The van der Waals surface area contributed by atoms with Crippen LogP contribution in [0.1, 0.15) is 11.7 Å². The largest absolute Gasteiger partial charge is 0.508 e. The monoisotopic (exact) mass is 168 g/mol. The molecule has 1 aromatic carbocycles. The Morgan fingerprint density at radius 3 is 2.75 bits per heavy atom. The number of phenols is 1. The molecule has 0 saturated heterocycles. The van der Waals surface area contributed by atoms with E-state index in [4.69, 9.17) is 14.9 Å². The van der Waals surface area contributed by atoms with E-state index in [1.54, 1.807) is 24.3 Å². The minimum atomic E-state index is -0.350. The average molecular weight is 168 g/mol. The molecule has 0 aliphatic carbocycles. The number of hydrogen-bond acceptors (Lipinski definition) is 3. The van der Waals surface area contributed by atoms with E-state index in [1.165, 1.54) is 7.11 Å². The lowest BCUT2D eigenvalue weighted by Crippen LogP contribution is -2.05. The van der Waals surface area contributed by atoms with Crippen LogP contribution in [-0.2, 0) is 4.74 Å². The van der Waals surface area contributed by atoms with Crippen LogP contribution in [0.4, 0.5) is 0 Å². The predicted molar refractivity (Wildman–Crippen MR) is 44.9 cm³/mol. The van der Waals surface area contributed by atoms with E-state index in [0.29, 0.717) is 0 Å². The van der Waals surface area contributed by atoms with Crippen LogP contribution in [0.5, 0.6) is 5.75 Å². The molecule has 0 heterocycles. The third-order valence-corrected chi connectivity index (χ3v) is 1.69. The van der Waals surface area contributed by atoms with E-state index in [-0.39, 0.29) is 18.5 Å². The third-order valence-electron chi connectivity index (χ3n) is 1.69. The van der Waals surface area contributed by atoms with Crippen molar-refractivity contribution in [2.45, 2.75) is 6.10 Å². The lowest BCUT2D eigenvalue weighted by molar-refractivity contribution is 0.0483. The van der Waals surface area contributed by atoms with Gasteiger partial charge >= 0.3 is 0 Å². The van der Waals surface area contributed by atoms with Gasteiger partial charge in [0.15, 0.2) is 0 Å². The first-order valence-corrected chi connectivity index (χ1v) is 3.70.